The molecule has 2 rings (SSSR count). The number of carboxylic acids is 1. The number of aliphatic hydroxyl groups excluding tert-OH is 2. The quantitative estimate of drug-likeness (QED) is 0.200. The van der Waals surface area contributed by atoms with Crippen LogP contribution in [0.3, 0.4) is 0 Å². The predicted octanol–water partition coefficient (Wildman–Crippen LogP) is -2.27. The molecule has 168 valence electrons. The molecule has 13 nitrogen and oxygen atoms in total. The van der Waals surface area contributed by atoms with Crippen LogP contribution in [0.5, 0.6) is 0 Å². The first kappa shape index (κ1) is 23.9. The highest BCUT2D eigenvalue weighted by atomic mass is 16.5. The molecule has 2 aromatic rings. The van der Waals surface area contributed by atoms with Crippen molar-refractivity contribution in [1.82, 2.24) is 24.4 Å². The van der Waals surface area contributed by atoms with Crippen LogP contribution in [-0.2, 0) is 9.53 Å². The van der Waals surface area contributed by atoms with Crippen molar-refractivity contribution < 1.29 is 24.9 Å². The van der Waals surface area contributed by atoms with Crippen molar-refractivity contribution in [3.63, 3.8) is 0 Å². The summed E-state index contributed by atoms with van der Waals surface area (Å²) in [5, 5.41) is 30.3. The lowest BCUT2D eigenvalue weighted by Crippen LogP contribution is -2.46. The number of aromatic nitrogens is 4. The molecular weight excluding hydrogens is 396 g/mol. The van der Waals surface area contributed by atoms with E-state index < -0.39 is 30.4 Å². The Balaban J connectivity index is 2.05. The van der Waals surface area contributed by atoms with Crippen LogP contribution in [-0.4, -0.2) is 97.2 Å². The number of ether oxygens (including phenoxy) is 1. The van der Waals surface area contributed by atoms with E-state index in [1.54, 1.807) is 0 Å². The summed E-state index contributed by atoms with van der Waals surface area (Å²) >= 11 is 0. The number of nitrogens with zero attached hydrogens (tertiary/aromatic N) is 5. The fraction of sp³-hybridized carbons (Fsp3) is 0.647. The van der Waals surface area contributed by atoms with Gasteiger partial charge in [0.25, 0.3) is 0 Å². The van der Waals surface area contributed by atoms with Crippen molar-refractivity contribution in [2.24, 2.45) is 11.5 Å². The number of hydrogen-bond acceptors (Lipinski definition) is 11. The third-order valence-corrected chi connectivity index (χ3v) is 4.85. The minimum Gasteiger partial charge on any atom is -0.480 e. The van der Waals surface area contributed by atoms with Gasteiger partial charge in [-0.2, -0.15) is 0 Å². The van der Waals surface area contributed by atoms with Crippen LogP contribution in [0.25, 0.3) is 11.2 Å². The molecule has 2 heterocycles. The van der Waals surface area contributed by atoms with Gasteiger partial charge in [0.1, 0.15) is 30.1 Å². The highest BCUT2D eigenvalue weighted by molar-refractivity contribution is 5.81. The molecule has 0 spiro atoms. The van der Waals surface area contributed by atoms with Crippen molar-refractivity contribution in [3.05, 3.63) is 12.7 Å². The smallest absolute Gasteiger partial charge is 0.320 e. The maximum Gasteiger partial charge on any atom is 0.320 e. The minimum atomic E-state index is -1.39. The molecule has 9 N–H and O–H groups in total. The van der Waals surface area contributed by atoms with Crippen molar-refractivity contribution in [1.29, 1.82) is 0 Å². The van der Waals surface area contributed by atoms with Crippen LogP contribution in [0.1, 0.15) is 19.1 Å². The van der Waals surface area contributed by atoms with Crippen LogP contribution in [0.4, 0.5) is 5.82 Å². The van der Waals surface area contributed by atoms with Gasteiger partial charge in [0.05, 0.1) is 6.33 Å². The maximum absolute atomic E-state index is 10.9. The number of fused-ring (bicyclic) bond motifs is 1. The number of aliphatic carboxylic acids is 1. The summed E-state index contributed by atoms with van der Waals surface area (Å²) < 4.78 is 6.70. The summed E-state index contributed by atoms with van der Waals surface area (Å²) in [7, 11) is 1.42. The minimum absolute atomic E-state index is 0.164. The van der Waals surface area contributed by atoms with E-state index >= 15 is 0 Å². The monoisotopic (exact) mass is 426 g/mol. The fourth-order valence-corrected chi connectivity index (χ4v) is 3.13. The number of rotatable bonds is 13. The third kappa shape index (κ3) is 5.81. The number of nitrogen functional groups attached to an aromatic ring is 1. The number of methoxy groups -OCH3 is 1. The molecule has 13 heteroatoms. The first-order valence-corrected chi connectivity index (χ1v) is 9.52. The van der Waals surface area contributed by atoms with E-state index in [4.69, 9.17) is 27.0 Å². The Morgan fingerprint density at radius 2 is 2.03 bits per heavy atom. The standard InChI is InChI=1S/C17H30N8O5/c1-30-11(7-24(6-4-18)5-2-3-10(19)17(28)29)13(26)16(27)25-9-23-12-14(20)21-8-22-15(12)25/h8-11,13,16,26-27H,2-7,18-19H2,1H3,(H,28,29)(H2,20,21,22)/t10-,11+,13+,16+/m0/s1. The first-order chi connectivity index (χ1) is 14.3. The first-order valence-electron chi connectivity index (χ1n) is 9.52. The molecule has 0 radical (unpaired) electrons. The average molecular weight is 426 g/mol. The second-order valence-electron chi connectivity index (χ2n) is 6.94. The van der Waals surface area contributed by atoms with Gasteiger partial charge in [-0.3, -0.25) is 14.3 Å². The van der Waals surface area contributed by atoms with Crippen LogP contribution in [0, 0.1) is 0 Å². The Morgan fingerprint density at radius 3 is 2.67 bits per heavy atom. The molecule has 4 atom stereocenters. The van der Waals surface area contributed by atoms with Gasteiger partial charge >= 0.3 is 5.97 Å². The van der Waals surface area contributed by atoms with Crippen LogP contribution in [0.2, 0.25) is 0 Å². The van der Waals surface area contributed by atoms with E-state index in [9.17, 15) is 15.0 Å². The van der Waals surface area contributed by atoms with Crippen LogP contribution in [0.15, 0.2) is 12.7 Å². The summed E-state index contributed by atoms with van der Waals surface area (Å²) in [5.74, 6) is -0.886. The lowest BCUT2D eigenvalue weighted by atomic mass is 10.1. The van der Waals surface area contributed by atoms with Crippen molar-refractivity contribution in [2.45, 2.75) is 37.3 Å². The summed E-state index contributed by atoms with van der Waals surface area (Å²) in [6.07, 6.45) is -0.0722. The van der Waals surface area contributed by atoms with Crippen LogP contribution >= 0.6 is 0 Å². The second kappa shape index (κ2) is 11.1. The third-order valence-electron chi connectivity index (χ3n) is 4.85. The average Bonchev–Trinajstić information content (AvgIpc) is 3.16. The molecule has 0 bridgehead atoms. The molecule has 2 aromatic heterocycles. The molecule has 0 fully saturated rings. The van der Waals surface area contributed by atoms with Gasteiger partial charge in [0.2, 0.25) is 0 Å². The number of imidazole rings is 1. The van der Waals surface area contributed by atoms with E-state index in [2.05, 4.69) is 15.0 Å². The normalized spacial score (nSPS) is 15.9. The maximum atomic E-state index is 10.9. The zero-order chi connectivity index (χ0) is 22.3. The van der Waals surface area contributed by atoms with Gasteiger partial charge in [0.15, 0.2) is 17.7 Å². The zero-order valence-corrected chi connectivity index (χ0v) is 16.8. The van der Waals surface area contributed by atoms with E-state index in [1.807, 2.05) is 4.90 Å². The second-order valence-corrected chi connectivity index (χ2v) is 6.94. The number of carbonyl (C=O) groups is 1. The number of nitrogens with two attached hydrogens (primary N) is 3. The van der Waals surface area contributed by atoms with Gasteiger partial charge in [0, 0.05) is 26.7 Å². The molecule has 0 aliphatic carbocycles. The highest BCUT2D eigenvalue weighted by Crippen LogP contribution is 2.21. The van der Waals surface area contributed by atoms with Gasteiger partial charge in [-0.05, 0) is 19.4 Å². The number of hydrogen-bond donors (Lipinski definition) is 6. The van der Waals surface area contributed by atoms with Gasteiger partial charge in [-0.15, -0.1) is 0 Å². The Labute approximate surface area is 173 Å². The van der Waals surface area contributed by atoms with Crippen molar-refractivity contribution >= 4 is 23.0 Å². The molecule has 0 aliphatic heterocycles. The van der Waals surface area contributed by atoms with Gasteiger partial charge in [-0.25, -0.2) is 15.0 Å². The van der Waals surface area contributed by atoms with Crippen molar-refractivity contribution in [2.75, 3.05) is 39.0 Å². The fourth-order valence-electron chi connectivity index (χ4n) is 3.13. The van der Waals surface area contributed by atoms with Gasteiger partial charge < -0.3 is 37.3 Å². The summed E-state index contributed by atoms with van der Waals surface area (Å²) in [6, 6.07) is -0.931. The van der Waals surface area contributed by atoms with E-state index in [1.165, 1.54) is 24.3 Å². The topological polar surface area (TPSA) is 212 Å². The molecule has 0 saturated heterocycles. The Bertz CT molecular complexity index is 819. The zero-order valence-electron chi connectivity index (χ0n) is 16.8. The highest BCUT2D eigenvalue weighted by Gasteiger charge is 2.30. The van der Waals surface area contributed by atoms with E-state index in [0.29, 0.717) is 38.0 Å². The summed E-state index contributed by atoms with van der Waals surface area (Å²) in [4.78, 5) is 24.8. The van der Waals surface area contributed by atoms with E-state index in [0.717, 1.165) is 0 Å². The van der Waals surface area contributed by atoms with Gasteiger partial charge in [-0.1, -0.05) is 0 Å². The SMILES string of the molecule is CO[C@H](CN(CCN)CCC[C@H](N)C(=O)O)[C@@H](O)[C@@H](O)n1cnc2c(N)ncnc21. The Morgan fingerprint density at radius 1 is 1.30 bits per heavy atom. The Kier molecular flexibility index (Phi) is 8.83. The molecule has 0 aliphatic rings. The molecular formula is C17H30N8O5. The number of aliphatic hydroxyl groups is 2. The lowest BCUT2D eigenvalue weighted by molar-refractivity contribution is -0.138. The molecule has 0 saturated carbocycles. The number of anilines is 1. The molecule has 0 unspecified atom stereocenters. The van der Waals surface area contributed by atoms with Crippen molar-refractivity contribution in [3.8, 4) is 0 Å². The van der Waals surface area contributed by atoms with Crippen LogP contribution < -0.4 is 17.2 Å². The molecule has 0 aromatic carbocycles. The molecule has 0 amide bonds. The van der Waals surface area contributed by atoms with E-state index in [-0.39, 0.29) is 18.0 Å². The summed E-state index contributed by atoms with van der Waals surface area (Å²) in [5.41, 5.74) is 17.6. The molecule has 30 heavy (non-hydrogen) atoms. The predicted molar refractivity (Wildman–Crippen MR) is 108 cm³/mol. The Hall–Kier alpha value is -2.42. The summed E-state index contributed by atoms with van der Waals surface area (Å²) in [6.45, 7) is 1.64. The number of carboxylic acid groups (broad SMARTS) is 1. The lowest BCUT2D eigenvalue weighted by Gasteiger charge is -2.31. The largest absolute Gasteiger partial charge is 0.480 e.